The Bertz CT molecular complexity index is 768. The van der Waals surface area contributed by atoms with Crippen LogP contribution in [0.15, 0.2) is 96.0 Å². The molecule has 0 aliphatic heterocycles. The Morgan fingerprint density at radius 1 is 0.769 bits per heavy atom. The van der Waals surface area contributed by atoms with Crippen molar-refractivity contribution in [1.29, 1.82) is 0 Å². The van der Waals surface area contributed by atoms with E-state index >= 15 is 0 Å². The lowest BCUT2D eigenvalue weighted by Gasteiger charge is -2.15. The van der Waals surface area contributed by atoms with Crippen molar-refractivity contribution in [2.24, 2.45) is 4.99 Å². The fourth-order valence-corrected chi connectivity index (χ4v) is 2.76. The van der Waals surface area contributed by atoms with Gasteiger partial charge in [-0.3, -0.25) is 0 Å². The van der Waals surface area contributed by atoms with E-state index in [4.69, 9.17) is 4.65 Å². The molecule has 0 spiro atoms. The molecule has 3 aromatic carbocycles. The van der Waals surface area contributed by atoms with Crippen LogP contribution in [0, 0.1) is 0 Å². The Morgan fingerprint density at radius 2 is 1.27 bits per heavy atom. The van der Waals surface area contributed by atoms with Crippen LogP contribution in [0.3, 0.4) is 0 Å². The van der Waals surface area contributed by atoms with Crippen molar-refractivity contribution < 1.29 is 9.76 Å². The molecule has 0 fully saturated rings. The van der Waals surface area contributed by atoms with Gasteiger partial charge in [-0.05, 0) is 28.8 Å². The van der Waals surface area contributed by atoms with Crippen LogP contribution in [-0.2, 0) is 4.65 Å². The molecule has 3 nitrogen and oxygen atoms in total. The summed E-state index contributed by atoms with van der Waals surface area (Å²) in [4.78, 5) is 4.12. The topological polar surface area (TPSA) is 44.7 Å². The first kappa shape index (κ1) is 18.0. The second-order valence-corrected chi connectivity index (χ2v) is 5.98. The molecule has 0 heterocycles. The minimum atomic E-state index is -0.173. The quantitative estimate of drug-likeness (QED) is 0.272. The molecule has 0 aliphatic carbocycles. The first-order valence-electron chi connectivity index (χ1n) is 8.83. The molecule has 0 bridgehead atoms. The Kier molecular flexibility index (Phi) is 6.62. The minimum absolute atomic E-state index is 0.109. The first-order valence-corrected chi connectivity index (χ1v) is 8.83. The lowest BCUT2D eigenvalue weighted by Crippen LogP contribution is -2.45. The van der Waals surface area contributed by atoms with Gasteiger partial charge >= 0.3 is 6.92 Å². The summed E-state index contributed by atoms with van der Waals surface area (Å²) >= 11 is 0. The summed E-state index contributed by atoms with van der Waals surface area (Å²) < 4.78 is 6.13. The summed E-state index contributed by atoms with van der Waals surface area (Å²) in [5.74, 6) is -0.173. The second kappa shape index (κ2) is 9.59. The van der Waals surface area contributed by atoms with E-state index in [1.807, 2.05) is 54.6 Å². The molecule has 130 valence electrons. The van der Waals surface area contributed by atoms with E-state index in [2.05, 4.69) is 29.3 Å². The molecular weight excluding hydrogens is 321 g/mol. The zero-order chi connectivity index (χ0) is 18.0. The third kappa shape index (κ3) is 5.07. The predicted octanol–water partition coefficient (Wildman–Crippen LogP) is 2.01. The molecule has 0 aliphatic rings. The fraction of sp³-hybridized carbons (Fsp3) is 0.136. The van der Waals surface area contributed by atoms with Crippen molar-refractivity contribution in [3.8, 4) is 0 Å². The highest BCUT2D eigenvalue weighted by molar-refractivity contribution is 6.80. The monoisotopic (exact) mass is 342 g/mol. The standard InChI is InChI=1S/C22H22BNO2/c25-22(19-11-4-1-5-12-19)24-17-10-18-26-23(20-13-6-2-7-14-20)21-15-8-3-9-16-21/h1-9,11-16H,10,17-18H2,(H,24,25)/p-1. The molecular formula is C22H21BNO2-. The Labute approximate surface area is 155 Å². The largest absolute Gasteiger partial charge is 0.858 e. The predicted molar refractivity (Wildman–Crippen MR) is 106 cm³/mol. The smallest absolute Gasteiger partial charge is 0.361 e. The Hall–Kier alpha value is -2.85. The van der Waals surface area contributed by atoms with Crippen LogP contribution in [0.5, 0.6) is 0 Å². The van der Waals surface area contributed by atoms with Crippen molar-refractivity contribution >= 4 is 23.7 Å². The van der Waals surface area contributed by atoms with Gasteiger partial charge in [0.2, 0.25) is 0 Å². The maximum atomic E-state index is 12.0. The highest BCUT2D eigenvalue weighted by Gasteiger charge is 2.20. The van der Waals surface area contributed by atoms with Gasteiger partial charge in [0.25, 0.3) is 0 Å². The van der Waals surface area contributed by atoms with Crippen molar-refractivity contribution in [1.82, 2.24) is 0 Å². The minimum Gasteiger partial charge on any atom is -0.858 e. The normalized spacial score (nSPS) is 11.3. The van der Waals surface area contributed by atoms with Gasteiger partial charge in [0.05, 0.1) is 0 Å². The number of benzene rings is 3. The van der Waals surface area contributed by atoms with Gasteiger partial charge in [-0.2, -0.15) is 0 Å². The third-order valence-corrected chi connectivity index (χ3v) is 4.07. The van der Waals surface area contributed by atoms with Crippen molar-refractivity contribution in [3.05, 3.63) is 96.6 Å². The SMILES string of the molecule is [O-]C(=NCCCOB(c1ccccc1)c1ccccc1)c1ccccc1. The van der Waals surface area contributed by atoms with E-state index < -0.39 is 0 Å². The molecule has 3 aromatic rings. The molecule has 4 heteroatoms. The van der Waals surface area contributed by atoms with Crippen molar-refractivity contribution in [3.63, 3.8) is 0 Å². The summed E-state index contributed by atoms with van der Waals surface area (Å²) in [6, 6.07) is 29.5. The fourth-order valence-electron chi connectivity index (χ4n) is 2.76. The van der Waals surface area contributed by atoms with Crippen molar-refractivity contribution in [2.75, 3.05) is 13.2 Å². The van der Waals surface area contributed by atoms with Crippen LogP contribution >= 0.6 is 0 Å². The first-order chi connectivity index (χ1) is 12.8. The molecule has 0 unspecified atom stereocenters. The summed E-state index contributed by atoms with van der Waals surface area (Å²) in [5.41, 5.74) is 2.87. The molecule has 0 amide bonds. The van der Waals surface area contributed by atoms with Gasteiger partial charge in [0.1, 0.15) is 0 Å². The average molecular weight is 342 g/mol. The summed E-state index contributed by atoms with van der Waals surface area (Å²) in [5, 5.41) is 12.0. The van der Waals surface area contributed by atoms with Gasteiger partial charge < -0.3 is 14.8 Å². The number of rotatable bonds is 8. The van der Waals surface area contributed by atoms with Crippen LogP contribution in [-0.4, -0.2) is 26.0 Å². The lowest BCUT2D eigenvalue weighted by molar-refractivity contribution is -0.213. The van der Waals surface area contributed by atoms with Crippen LogP contribution < -0.4 is 16.0 Å². The molecule has 26 heavy (non-hydrogen) atoms. The van der Waals surface area contributed by atoms with Gasteiger partial charge in [0.15, 0.2) is 0 Å². The summed E-state index contributed by atoms with van der Waals surface area (Å²) in [6.45, 7) is 0.895. The number of aliphatic imine (C=N–C) groups is 1. The van der Waals surface area contributed by atoms with Gasteiger partial charge in [0, 0.05) is 13.2 Å². The molecule has 0 saturated heterocycles. The highest BCUT2D eigenvalue weighted by atomic mass is 16.4. The van der Waals surface area contributed by atoms with E-state index in [1.165, 1.54) is 0 Å². The van der Waals surface area contributed by atoms with Crippen molar-refractivity contribution in [2.45, 2.75) is 6.42 Å². The second-order valence-electron chi connectivity index (χ2n) is 5.98. The van der Waals surface area contributed by atoms with Crippen LogP contribution in [0.4, 0.5) is 0 Å². The molecule has 0 saturated carbocycles. The van der Waals surface area contributed by atoms with E-state index in [9.17, 15) is 5.11 Å². The van der Waals surface area contributed by atoms with Gasteiger partial charge in [-0.15, -0.1) is 0 Å². The Balaban J connectivity index is 1.57. The van der Waals surface area contributed by atoms with E-state index in [0.717, 1.165) is 10.9 Å². The van der Waals surface area contributed by atoms with Crippen LogP contribution in [0.2, 0.25) is 0 Å². The number of hydrogen-bond donors (Lipinski definition) is 0. The van der Waals surface area contributed by atoms with E-state index in [1.54, 1.807) is 12.1 Å². The lowest BCUT2D eigenvalue weighted by atomic mass is 9.55. The maximum absolute atomic E-state index is 12.0. The molecule has 3 rings (SSSR count). The summed E-state index contributed by atoms with van der Waals surface area (Å²) in [6.07, 6.45) is 0.703. The average Bonchev–Trinajstić information content (AvgIpc) is 2.72. The number of hydrogen-bond acceptors (Lipinski definition) is 3. The van der Waals surface area contributed by atoms with Crippen LogP contribution in [0.25, 0.3) is 0 Å². The van der Waals surface area contributed by atoms with Gasteiger partial charge in [-0.1, -0.05) is 91.0 Å². The zero-order valence-electron chi connectivity index (χ0n) is 14.6. The zero-order valence-corrected chi connectivity index (χ0v) is 14.6. The van der Waals surface area contributed by atoms with Gasteiger partial charge in [-0.25, -0.2) is 0 Å². The number of nitrogens with zero attached hydrogens (tertiary/aromatic N) is 1. The molecule has 0 aromatic heterocycles. The van der Waals surface area contributed by atoms with E-state index in [-0.39, 0.29) is 12.8 Å². The summed E-state index contributed by atoms with van der Waals surface area (Å²) in [7, 11) is 0. The molecule has 0 radical (unpaired) electrons. The third-order valence-electron chi connectivity index (χ3n) is 4.07. The van der Waals surface area contributed by atoms with Crippen LogP contribution in [0.1, 0.15) is 12.0 Å². The van der Waals surface area contributed by atoms with E-state index in [0.29, 0.717) is 25.1 Å². The molecule has 0 N–H and O–H groups in total. The highest BCUT2D eigenvalue weighted by Crippen LogP contribution is 1.99. The Morgan fingerprint density at radius 3 is 1.81 bits per heavy atom. The molecule has 0 atom stereocenters. The maximum Gasteiger partial charge on any atom is 0.361 e.